The number of hydrogen-bond acceptors (Lipinski definition) is 6. The molecule has 3 aliphatic carbocycles. The van der Waals surface area contributed by atoms with Gasteiger partial charge in [0.1, 0.15) is 5.82 Å². The maximum atomic E-state index is 13.4. The highest BCUT2D eigenvalue weighted by Gasteiger charge is 2.58. The van der Waals surface area contributed by atoms with Gasteiger partial charge in [-0.2, -0.15) is 0 Å². The first-order valence-corrected chi connectivity index (χ1v) is 13.7. The summed E-state index contributed by atoms with van der Waals surface area (Å²) in [7, 11) is 0. The molecule has 204 valence electrons. The van der Waals surface area contributed by atoms with E-state index < -0.39 is 5.91 Å². The summed E-state index contributed by atoms with van der Waals surface area (Å²) in [5.41, 5.74) is 10.1. The van der Waals surface area contributed by atoms with E-state index in [9.17, 15) is 19.8 Å². The number of imidazole rings is 1. The molecular formula is C31H31N5O4. The lowest BCUT2D eigenvalue weighted by atomic mass is 9.66. The van der Waals surface area contributed by atoms with Crippen LogP contribution in [0.4, 0.5) is 5.69 Å². The highest BCUT2D eigenvalue weighted by atomic mass is 16.3. The number of phenols is 2. The number of aromatic amines is 1. The molecule has 3 saturated carbocycles. The summed E-state index contributed by atoms with van der Waals surface area (Å²) >= 11 is 0. The van der Waals surface area contributed by atoms with Crippen LogP contribution in [0.25, 0.3) is 22.4 Å². The number of H-pyrrole nitrogens is 1. The van der Waals surface area contributed by atoms with Gasteiger partial charge in [-0.05, 0) is 111 Å². The van der Waals surface area contributed by atoms with Crippen LogP contribution in [0.1, 0.15) is 59.2 Å². The van der Waals surface area contributed by atoms with Gasteiger partial charge in [0.15, 0.2) is 11.5 Å². The molecule has 3 unspecified atom stereocenters. The van der Waals surface area contributed by atoms with Crippen molar-refractivity contribution in [1.29, 1.82) is 0 Å². The Labute approximate surface area is 230 Å². The van der Waals surface area contributed by atoms with Crippen molar-refractivity contribution in [2.24, 2.45) is 17.6 Å². The first-order chi connectivity index (χ1) is 19.2. The summed E-state index contributed by atoms with van der Waals surface area (Å²) in [6.07, 6.45) is 6.26. The minimum Gasteiger partial charge on any atom is -0.504 e. The van der Waals surface area contributed by atoms with Crippen molar-refractivity contribution in [1.82, 2.24) is 15.3 Å². The zero-order valence-electron chi connectivity index (χ0n) is 21.9. The van der Waals surface area contributed by atoms with Crippen molar-refractivity contribution in [2.45, 2.75) is 49.6 Å². The van der Waals surface area contributed by atoms with Gasteiger partial charge in [0.05, 0.1) is 11.0 Å². The molecule has 1 heterocycles. The van der Waals surface area contributed by atoms with Crippen molar-refractivity contribution in [3.63, 3.8) is 0 Å². The van der Waals surface area contributed by atoms with E-state index in [2.05, 4.69) is 20.6 Å². The molecule has 3 bridgehead atoms. The maximum absolute atomic E-state index is 13.4. The van der Waals surface area contributed by atoms with Crippen LogP contribution < -0.4 is 16.4 Å². The largest absolute Gasteiger partial charge is 0.504 e. The molecule has 40 heavy (non-hydrogen) atoms. The fourth-order valence-electron chi connectivity index (χ4n) is 7.40. The molecule has 4 atom stereocenters. The van der Waals surface area contributed by atoms with Gasteiger partial charge in [-0.25, -0.2) is 4.98 Å². The molecule has 2 amide bonds. The number of fused-ring (bicyclic) bond motifs is 3. The SMILES string of the molecule is NC12CCC3CC(NC(=O)c4ccc5nc(-c6ccc(NC(=O)c7ccc(O)c(O)c7)cc6)[nH]c5c4)(C[C@@H]3C1)C2. The van der Waals surface area contributed by atoms with Crippen molar-refractivity contribution < 1.29 is 19.8 Å². The third-order valence-corrected chi connectivity index (χ3v) is 9.12. The smallest absolute Gasteiger partial charge is 0.255 e. The fourth-order valence-corrected chi connectivity index (χ4v) is 7.40. The second-order valence-corrected chi connectivity index (χ2v) is 12.0. The number of aromatic hydroxyl groups is 2. The zero-order chi connectivity index (χ0) is 27.6. The van der Waals surface area contributed by atoms with E-state index >= 15 is 0 Å². The standard InChI is InChI=1S/C31H31N5O4/c32-30-10-9-20-14-31(16-30,15-21(20)13-30)36-29(40)18-3-7-23-24(11-18)35-27(34-23)17-1-5-22(6-2-17)33-28(39)19-4-8-25(37)26(38)12-19/h1-8,11-12,20-21,37-38H,9-10,13-16,32H2,(H,33,39)(H,34,35)(H,36,40)/t20?,21-,30?,31?/m0/s1. The molecule has 3 aliphatic rings. The number of benzene rings is 3. The molecule has 1 aromatic heterocycles. The number of anilines is 1. The van der Waals surface area contributed by atoms with Gasteiger partial charge in [0, 0.05) is 33.5 Å². The number of nitrogens with two attached hydrogens (primary N) is 1. The first-order valence-electron chi connectivity index (χ1n) is 13.7. The van der Waals surface area contributed by atoms with E-state index in [1.807, 2.05) is 30.3 Å². The highest BCUT2D eigenvalue weighted by Crippen LogP contribution is 2.57. The van der Waals surface area contributed by atoms with E-state index in [0.29, 0.717) is 28.9 Å². The van der Waals surface area contributed by atoms with Gasteiger partial charge >= 0.3 is 0 Å². The van der Waals surface area contributed by atoms with Crippen LogP contribution in [0.15, 0.2) is 60.7 Å². The Morgan fingerprint density at radius 3 is 2.45 bits per heavy atom. The number of carbonyl (C=O) groups is 2. The Morgan fingerprint density at radius 2 is 1.65 bits per heavy atom. The molecule has 9 heteroatoms. The molecule has 0 spiro atoms. The molecule has 7 N–H and O–H groups in total. The summed E-state index contributed by atoms with van der Waals surface area (Å²) in [4.78, 5) is 33.9. The average molecular weight is 538 g/mol. The van der Waals surface area contributed by atoms with Crippen LogP contribution >= 0.6 is 0 Å². The number of hydrogen-bond donors (Lipinski definition) is 6. The summed E-state index contributed by atoms with van der Waals surface area (Å²) in [5.74, 6) is 0.847. The predicted molar refractivity (Wildman–Crippen MR) is 151 cm³/mol. The molecule has 0 radical (unpaired) electrons. The predicted octanol–water partition coefficient (Wildman–Crippen LogP) is 4.67. The van der Waals surface area contributed by atoms with Crippen LogP contribution in [-0.4, -0.2) is 43.1 Å². The molecule has 3 fully saturated rings. The third-order valence-electron chi connectivity index (χ3n) is 9.12. The third kappa shape index (κ3) is 4.26. The van der Waals surface area contributed by atoms with Crippen molar-refractivity contribution in [3.8, 4) is 22.9 Å². The van der Waals surface area contributed by atoms with Gasteiger partial charge in [-0.1, -0.05) is 0 Å². The molecule has 7 rings (SSSR count). The molecule has 9 nitrogen and oxygen atoms in total. The summed E-state index contributed by atoms with van der Waals surface area (Å²) in [5, 5.41) is 25.3. The topological polar surface area (TPSA) is 153 Å². The van der Waals surface area contributed by atoms with Crippen LogP contribution in [0.2, 0.25) is 0 Å². The van der Waals surface area contributed by atoms with Crippen LogP contribution in [0.5, 0.6) is 11.5 Å². The van der Waals surface area contributed by atoms with Gasteiger partial charge in [0.25, 0.3) is 11.8 Å². The van der Waals surface area contributed by atoms with Crippen LogP contribution in [0.3, 0.4) is 0 Å². The number of nitrogens with one attached hydrogen (secondary N) is 3. The number of nitrogens with zero attached hydrogens (tertiary/aromatic N) is 1. The Hall–Kier alpha value is -4.37. The molecule has 3 aromatic carbocycles. The molecule has 4 aromatic rings. The summed E-state index contributed by atoms with van der Waals surface area (Å²) in [6.45, 7) is 0. The second-order valence-electron chi connectivity index (χ2n) is 12.0. The second kappa shape index (κ2) is 8.82. The van der Waals surface area contributed by atoms with E-state index in [4.69, 9.17) is 5.73 Å². The lowest BCUT2D eigenvalue weighted by Gasteiger charge is -2.46. The number of aromatic nitrogens is 2. The fraction of sp³-hybridized carbons (Fsp3) is 0.323. The minimum absolute atomic E-state index is 0.0642. The lowest BCUT2D eigenvalue weighted by molar-refractivity contribution is 0.0809. The van der Waals surface area contributed by atoms with Crippen LogP contribution in [0, 0.1) is 11.8 Å². The Balaban J connectivity index is 1.06. The number of rotatable bonds is 5. The van der Waals surface area contributed by atoms with E-state index in [1.54, 1.807) is 12.1 Å². The van der Waals surface area contributed by atoms with E-state index in [0.717, 1.165) is 48.7 Å². The Bertz CT molecular complexity index is 1660. The maximum Gasteiger partial charge on any atom is 0.255 e. The molecule has 0 saturated heterocycles. The summed E-state index contributed by atoms with van der Waals surface area (Å²) in [6, 6.07) is 16.6. The van der Waals surface area contributed by atoms with Gasteiger partial charge in [-0.3, -0.25) is 9.59 Å². The normalized spacial score (nSPS) is 26.6. The van der Waals surface area contributed by atoms with Crippen LogP contribution in [-0.2, 0) is 0 Å². The van der Waals surface area contributed by atoms with Crippen molar-refractivity contribution >= 4 is 28.5 Å². The van der Waals surface area contributed by atoms with E-state index in [-0.39, 0.29) is 34.0 Å². The van der Waals surface area contributed by atoms with Crippen molar-refractivity contribution in [3.05, 3.63) is 71.8 Å². The molecule has 0 aliphatic heterocycles. The average Bonchev–Trinajstić information content (AvgIpc) is 3.43. The number of carbonyl (C=O) groups excluding carboxylic acids is 2. The monoisotopic (exact) mass is 537 g/mol. The van der Waals surface area contributed by atoms with Gasteiger partial charge < -0.3 is 31.6 Å². The summed E-state index contributed by atoms with van der Waals surface area (Å²) < 4.78 is 0. The highest BCUT2D eigenvalue weighted by molar-refractivity contribution is 6.04. The quantitative estimate of drug-likeness (QED) is 0.203. The van der Waals surface area contributed by atoms with Gasteiger partial charge in [0.2, 0.25) is 0 Å². The van der Waals surface area contributed by atoms with Crippen molar-refractivity contribution in [2.75, 3.05) is 5.32 Å². The molecular weight excluding hydrogens is 506 g/mol. The Morgan fingerprint density at radius 1 is 0.900 bits per heavy atom. The zero-order valence-corrected chi connectivity index (χ0v) is 21.9. The number of amides is 2. The number of phenolic OH excluding ortho intramolecular Hbond substituents is 2. The van der Waals surface area contributed by atoms with Gasteiger partial charge in [-0.15, -0.1) is 0 Å². The first kappa shape index (κ1) is 24.7. The lowest BCUT2D eigenvalue weighted by Crippen LogP contribution is -2.58. The minimum atomic E-state index is -0.409. The Kier molecular flexibility index (Phi) is 5.44. The van der Waals surface area contributed by atoms with E-state index in [1.165, 1.54) is 24.6 Å².